The lowest BCUT2D eigenvalue weighted by Crippen LogP contribution is -2.16. The summed E-state index contributed by atoms with van der Waals surface area (Å²) in [5.41, 5.74) is 2.77. The van der Waals surface area contributed by atoms with Crippen molar-refractivity contribution in [2.75, 3.05) is 18.4 Å². The fourth-order valence-electron chi connectivity index (χ4n) is 2.39. The van der Waals surface area contributed by atoms with E-state index < -0.39 is 0 Å². The first-order valence-corrected chi connectivity index (χ1v) is 7.82. The molecule has 0 aromatic carbocycles. The third-order valence-electron chi connectivity index (χ3n) is 3.58. The fourth-order valence-corrected chi connectivity index (χ4v) is 2.39. The van der Waals surface area contributed by atoms with Gasteiger partial charge >= 0.3 is 0 Å². The summed E-state index contributed by atoms with van der Waals surface area (Å²) in [7, 11) is 0. The molecule has 0 fully saturated rings. The third kappa shape index (κ3) is 5.29. The highest BCUT2D eigenvalue weighted by Crippen LogP contribution is 2.19. The molecule has 1 aliphatic rings. The zero-order valence-electron chi connectivity index (χ0n) is 12.5. The fraction of sp³-hybridized carbons (Fsp3) is 0.625. The van der Waals surface area contributed by atoms with Gasteiger partial charge in [0.25, 0.3) is 0 Å². The van der Waals surface area contributed by atoms with Gasteiger partial charge in [-0.15, -0.1) is 0 Å². The second-order valence-corrected chi connectivity index (χ2v) is 5.38. The molecule has 0 bridgehead atoms. The molecule has 0 radical (unpaired) electrons. The van der Waals surface area contributed by atoms with Crippen LogP contribution in [0, 0.1) is 0 Å². The maximum absolute atomic E-state index is 4.31. The van der Waals surface area contributed by atoms with Crippen LogP contribution in [0.1, 0.15) is 51.0 Å². The number of allylic oxidation sites excluding steroid dienone is 1. The lowest BCUT2D eigenvalue weighted by atomic mass is 9.97. The highest BCUT2D eigenvalue weighted by molar-refractivity contribution is 5.24. The first-order chi connectivity index (χ1) is 9.88. The minimum absolute atomic E-state index is 0.725. The van der Waals surface area contributed by atoms with Crippen LogP contribution >= 0.6 is 0 Å². The van der Waals surface area contributed by atoms with Crippen LogP contribution in [0.25, 0.3) is 0 Å². The van der Waals surface area contributed by atoms with Gasteiger partial charge in [-0.25, -0.2) is 9.97 Å². The van der Waals surface area contributed by atoms with E-state index in [2.05, 4.69) is 33.6 Å². The molecule has 0 amide bonds. The van der Waals surface area contributed by atoms with Gasteiger partial charge in [-0.05, 0) is 45.1 Å². The molecule has 1 heterocycles. The minimum atomic E-state index is 0.725. The Kier molecular flexibility index (Phi) is 6.51. The molecule has 2 rings (SSSR count). The summed E-state index contributed by atoms with van der Waals surface area (Å²) in [5.74, 6) is 0.725. The number of hydrogen-bond acceptors (Lipinski definition) is 4. The number of rotatable bonds is 8. The predicted octanol–water partition coefficient (Wildman–Crippen LogP) is 3.28. The lowest BCUT2D eigenvalue weighted by molar-refractivity contribution is 0.631. The summed E-state index contributed by atoms with van der Waals surface area (Å²) in [6, 6.07) is 0. The van der Waals surface area contributed by atoms with E-state index in [1.54, 1.807) is 5.57 Å². The molecule has 4 nitrogen and oxygen atoms in total. The van der Waals surface area contributed by atoms with Crippen LogP contribution in [-0.4, -0.2) is 23.1 Å². The van der Waals surface area contributed by atoms with Gasteiger partial charge in [0, 0.05) is 31.0 Å². The molecule has 0 saturated heterocycles. The molecule has 0 saturated carbocycles. The summed E-state index contributed by atoms with van der Waals surface area (Å²) >= 11 is 0. The Bertz CT molecular complexity index is 411. The van der Waals surface area contributed by atoms with E-state index in [0.29, 0.717) is 0 Å². The number of aromatic nitrogens is 2. The predicted molar refractivity (Wildman–Crippen MR) is 83.7 cm³/mol. The highest BCUT2D eigenvalue weighted by Gasteiger charge is 2.03. The van der Waals surface area contributed by atoms with Crippen molar-refractivity contribution >= 4 is 5.95 Å². The Morgan fingerprint density at radius 1 is 1.15 bits per heavy atom. The molecule has 1 aliphatic carbocycles. The van der Waals surface area contributed by atoms with Crippen LogP contribution in [-0.2, 0) is 6.54 Å². The van der Waals surface area contributed by atoms with E-state index >= 15 is 0 Å². The van der Waals surface area contributed by atoms with Crippen molar-refractivity contribution in [2.24, 2.45) is 0 Å². The Labute approximate surface area is 122 Å². The van der Waals surface area contributed by atoms with Crippen LogP contribution in [0.5, 0.6) is 0 Å². The monoisotopic (exact) mass is 274 g/mol. The molecule has 2 N–H and O–H groups in total. The van der Waals surface area contributed by atoms with Gasteiger partial charge in [0.15, 0.2) is 0 Å². The van der Waals surface area contributed by atoms with E-state index in [1.165, 1.54) is 32.1 Å². The van der Waals surface area contributed by atoms with Crippen LogP contribution in [0.4, 0.5) is 5.95 Å². The van der Waals surface area contributed by atoms with Crippen molar-refractivity contribution in [3.8, 4) is 0 Å². The smallest absolute Gasteiger partial charge is 0.222 e. The SMILES string of the molecule is CCCNc1ncc(CNCCC2=CCCCC2)cn1. The molecule has 110 valence electrons. The molecular formula is C16H26N4. The van der Waals surface area contributed by atoms with Crippen molar-refractivity contribution < 1.29 is 0 Å². The van der Waals surface area contributed by atoms with Gasteiger partial charge < -0.3 is 10.6 Å². The van der Waals surface area contributed by atoms with E-state index in [9.17, 15) is 0 Å². The molecule has 0 atom stereocenters. The molecule has 1 aromatic heterocycles. The average Bonchev–Trinajstić information content (AvgIpc) is 2.52. The van der Waals surface area contributed by atoms with Gasteiger partial charge in [0.05, 0.1) is 0 Å². The Balaban J connectivity index is 1.64. The zero-order valence-corrected chi connectivity index (χ0v) is 12.5. The van der Waals surface area contributed by atoms with Crippen LogP contribution in [0.3, 0.4) is 0 Å². The lowest BCUT2D eigenvalue weighted by Gasteiger charge is -2.12. The molecular weight excluding hydrogens is 248 g/mol. The minimum Gasteiger partial charge on any atom is -0.354 e. The van der Waals surface area contributed by atoms with Crippen molar-refractivity contribution in [1.29, 1.82) is 0 Å². The summed E-state index contributed by atoms with van der Waals surface area (Å²) in [5, 5.41) is 6.65. The first-order valence-electron chi connectivity index (χ1n) is 7.82. The van der Waals surface area contributed by atoms with Gasteiger partial charge in [0.2, 0.25) is 5.95 Å². The zero-order chi connectivity index (χ0) is 14.0. The molecule has 0 spiro atoms. The standard InChI is InChI=1S/C16H26N4/c1-2-9-18-16-19-12-15(13-20-16)11-17-10-8-14-6-4-3-5-7-14/h6,12-13,17H,2-5,7-11H2,1H3,(H,18,19,20). The largest absolute Gasteiger partial charge is 0.354 e. The Morgan fingerprint density at radius 2 is 2.00 bits per heavy atom. The Hall–Kier alpha value is -1.42. The maximum atomic E-state index is 4.31. The van der Waals surface area contributed by atoms with Gasteiger partial charge in [-0.3, -0.25) is 0 Å². The summed E-state index contributed by atoms with van der Waals surface area (Å²) in [6.07, 6.45) is 13.8. The quantitative estimate of drug-likeness (QED) is 0.564. The van der Waals surface area contributed by atoms with Gasteiger partial charge in [-0.1, -0.05) is 18.6 Å². The third-order valence-corrected chi connectivity index (χ3v) is 3.58. The van der Waals surface area contributed by atoms with Crippen molar-refractivity contribution in [3.05, 3.63) is 29.6 Å². The van der Waals surface area contributed by atoms with Crippen LogP contribution in [0.15, 0.2) is 24.0 Å². The summed E-state index contributed by atoms with van der Waals surface area (Å²) < 4.78 is 0. The molecule has 4 heteroatoms. The van der Waals surface area contributed by atoms with E-state index in [0.717, 1.165) is 37.6 Å². The van der Waals surface area contributed by atoms with E-state index in [4.69, 9.17) is 0 Å². The number of nitrogens with one attached hydrogen (secondary N) is 2. The molecule has 0 unspecified atom stereocenters. The summed E-state index contributed by atoms with van der Waals surface area (Å²) in [6.45, 7) is 4.95. The molecule has 1 aromatic rings. The van der Waals surface area contributed by atoms with Gasteiger partial charge in [0.1, 0.15) is 0 Å². The normalized spacial score (nSPS) is 14.9. The van der Waals surface area contributed by atoms with Gasteiger partial charge in [-0.2, -0.15) is 0 Å². The topological polar surface area (TPSA) is 49.8 Å². The molecule has 0 aliphatic heterocycles. The number of anilines is 1. The van der Waals surface area contributed by atoms with E-state index in [1.807, 2.05) is 12.4 Å². The molecule has 20 heavy (non-hydrogen) atoms. The number of hydrogen-bond donors (Lipinski definition) is 2. The number of nitrogens with zero attached hydrogens (tertiary/aromatic N) is 2. The van der Waals surface area contributed by atoms with Crippen molar-refractivity contribution in [3.63, 3.8) is 0 Å². The van der Waals surface area contributed by atoms with Crippen molar-refractivity contribution in [1.82, 2.24) is 15.3 Å². The highest BCUT2D eigenvalue weighted by atomic mass is 15.1. The Morgan fingerprint density at radius 3 is 2.70 bits per heavy atom. The maximum Gasteiger partial charge on any atom is 0.222 e. The van der Waals surface area contributed by atoms with Crippen molar-refractivity contribution in [2.45, 2.75) is 52.0 Å². The first kappa shape index (κ1) is 15.0. The van der Waals surface area contributed by atoms with Crippen LogP contribution < -0.4 is 10.6 Å². The second kappa shape index (κ2) is 8.69. The second-order valence-electron chi connectivity index (χ2n) is 5.38. The van der Waals surface area contributed by atoms with E-state index in [-0.39, 0.29) is 0 Å². The average molecular weight is 274 g/mol. The van der Waals surface area contributed by atoms with Crippen LogP contribution in [0.2, 0.25) is 0 Å². The summed E-state index contributed by atoms with van der Waals surface area (Å²) in [4.78, 5) is 8.62.